The molecule has 182 valence electrons. The average Bonchev–Trinajstić information content (AvgIpc) is 3.46. The van der Waals surface area contributed by atoms with Crippen LogP contribution in [0.3, 0.4) is 0 Å². The lowest BCUT2D eigenvalue weighted by Gasteiger charge is -2.10. The maximum Gasteiger partial charge on any atom is 0.335 e. The first-order chi connectivity index (χ1) is 17.3. The van der Waals surface area contributed by atoms with Crippen molar-refractivity contribution in [3.63, 3.8) is 0 Å². The molecule has 0 unspecified atom stereocenters. The fourth-order valence-corrected chi connectivity index (χ4v) is 5.75. The zero-order valence-corrected chi connectivity index (χ0v) is 21.8. The molecule has 0 fully saturated rings. The van der Waals surface area contributed by atoms with E-state index in [2.05, 4.69) is 36.5 Å². The number of carboxylic acids is 1. The van der Waals surface area contributed by atoms with Crippen LogP contribution in [-0.2, 0) is 6.54 Å². The van der Waals surface area contributed by atoms with Crippen LogP contribution in [0.4, 0.5) is 5.00 Å². The first-order valence-corrected chi connectivity index (χ1v) is 12.9. The van der Waals surface area contributed by atoms with Gasteiger partial charge in [-0.1, -0.05) is 72.5 Å². The molecule has 0 amide bonds. The van der Waals surface area contributed by atoms with Gasteiger partial charge in [-0.25, -0.2) is 4.79 Å². The van der Waals surface area contributed by atoms with Gasteiger partial charge in [0.25, 0.3) is 0 Å². The number of rotatable bonds is 7. The number of hydrogen-bond donors (Lipinski definition) is 2. The van der Waals surface area contributed by atoms with Crippen molar-refractivity contribution in [2.45, 2.75) is 26.3 Å². The summed E-state index contributed by atoms with van der Waals surface area (Å²) < 4.78 is 6.81. The molecular weight excluding hydrogens is 515 g/mol. The van der Waals surface area contributed by atoms with Gasteiger partial charge in [0.1, 0.15) is 11.5 Å². The van der Waals surface area contributed by atoms with E-state index in [1.807, 2.05) is 18.2 Å². The van der Waals surface area contributed by atoms with Gasteiger partial charge in [-0.3, -0.25) is 0 Å². The van der Waals surface area contributed by atoms with Crippen molar-refractivity contribution in [3.8, 4) is 22.4 Å². The van der Waals surface area contributed by atoms with Crippen molar-refractivity contribution in [2.24, 2.45) is 0 Å². The Kier molecular flexibility index (Phi) is 6.75. The van der Waals surface area contributed by atoms with E-state index in [1.54, 1.807) is 47.7 Å². The molecule has 5 aromatic rings. The minimum absolute atomic E-state index is 0.135. The Balaban J connectivity index is 1.45. The second-order valence-electron chi connectivity index (χ2n) is 8.73. The summed E-state index contributed by atoms with van der Waals surface area (Å²) in [6.07, 6.45) is 0. The number of anilines is 1. The summed E-state index contributed by atoms with van der Waals surface area (Å²) in [5.41, 5.74) is 4.33. The fourth-order valence-electron chi connectivity index (χ4n) is 4.17. The van der Waals surface area contributed by atoms with Crippen molar-refractivity contribution in [2.75, 3.05) is 5.32 Å². The van der Waals surface area contributed by atoms with Crippen LogP contribution in [-0.4, -0.2) is 16.2 Å². The number of nitrogens with one attached hydrogen (secondary N) is 1. The summed E-state index contributed by atoms with van der Waals surface area (Å²) in [5, 5.41) is 20.3. The van der Waals surface area contributed by atoms with Crippen LogP contribution in [0, 0.1) is 0 Å². The second kappa shape index (κ2) is 9.97. The predicted octanol–water partition coefficient (Wildman–Crippen LogP) is 8.96. The minimum Gasteiger partial charge on any atom is -0.478 e. The molecule has 0 atom stereocenters. The highest BCUT2D eigenvalue weighted by Crippen LogP contribution is 2.39. The Hall–Kier alpha value is -3.32. The van der Waals surface area contributed by atoms with Crippen molar-refractivity contribution < 1.29 is 14.4 Å². The Labute approximate surface area is 222 Å². The molecule has 8 heteroatoms. The molecule has 2 aromatic heterocycles. The number of hydrogen-bond acceptors (Lipinski definition) is 5. The number of benzene rings is 3. The molecule has 2 N–H and O–H groups in total. The maximum atomic E-state index is 11.4. The van der Waals surface area contributed by atoms with E-state index in [1.165, 1.54) is 0 Å². The van der Waals surface area contributed by atoms with E-state index in [4.69, 9.17) is 27.7 Å². The number of carbonyl (C=O) groups is 1. The van der Waals surface area contributed by atoms with Crippen LogP contribution in [0.15, 0.2) is 71.3 Å². The summed E-state index contributed by atoms with van der Waals surface area (Å²) in [7, 11) is 0. The quantitative estimate of drug-likeness (QED) is 0.217. The van der Waals surface area contributed by atoms with Crippen LogP contribution >= 0.6 is 34.5 Å². The van der Waals surface area contributed by atoms with Crippen molar-refractivity contribution in [1.29, 1.82) is 0 Å². The molecule has 0 saturated carbocycles. The Morgan fingerprint density at radius 1 is 1.03 bits per heavy atom. The molecule has 0 aliphatic carbocycles. The molecule has 36 heavy (non-hydrogen) atoms. The summed E-state index contributed by atoms with van der Waals surface area (Å²) >= 11 is 14.6. The number of thiophene rings is 1. The van der Waals surface area contributed by atoms with E-state index in [0.29, 0.717) is 27.8 Å². The number of carboxylic acid groups (broad SMARTS) is 1. The fraction of sp³-hybridized carbons (Fsp3) is 0.143. The maximum absolute atomic E-state index is 11.4. The van der Waals surface area contributed by atoms with E-state index < -0.39 is 5.97 Å². The molecule has 3 aromatic carbocycles. The van der Waals surface area contributed by atoms with Crippen LogP contribution < -0.4 is 5.32 Å². The lowest BCUT2D eigenvalue weighted by Crippen LogP contribution is -2.02. The lowest BCUT2D eigenvalue weighted by molar-refractivity contribution is 0.0697. The predicted molar refractivity (Wildman–Crippen MR) is 148 cm³/mol. The van der Waals surface area contributed by atoms with E-state index >= 15 is 0 Å². The first kappa shape index (κ1) is 24.4. The molecule has 0 bridgehead atoms. The summed E-state index contributed by atoms with van der Waals surface area (Å²) in [6.45, 7) is 4.61. The second-order valence-corrected chi connectivity index (χ2v) is 10.6. The molecule has 2 heterocycles. The number of fused-ring (bicyclic) bond motifs is 1. The Morgan fingerprint density at radius 3 is 2.47 bits per heavy atom. The van der Waals surface area contributed by atoms with Crippen LogP contribution in [0.25, 0.3) is 32.5 Å². The smallest absolute Gasteiger partial charge is 0.335 e. The van der Waals surface area contributed by atoms with Crippen molar-refractivity contribution in [1.82, 2.24) is 5.16 Å². The zero-order chi connectivity index (χ0) is 25.4. The normalized spacial score (nSPS) is 11.4. The average molecular weight is 537 g/mol. The van der Waals surface area contributed by atoms with E-state index in [9.17, 15) is 9.90 Å². The molecule has 0 aliphatic heterocycles. The third-order valence-electron chi connectivity index (χ3n) is 5.94. The molecule has 0 saturated heterocycles. The van der Waals surface area contributed by atoms with Crippen LogP contribution in [0.2, 0.25) is 10.0 Å². The first-order valence-electron chi connectivity index (χ1n) is 11.4. The third kappa shape index (κ3) is 4.72. The van der Waals surface area contributed by atoms with Gasteiger partial charge in [-0.15, -0.1) is 11.3 Å². The van der Waals surface area contributed by atoms with Gasteiger partial charge in [0.2, 0.25) is 0 Å². The highest BCUT2D eigenvalue weighted by Gasteiger charge is 2.23. The van der Waals surface area contributed by atoms with Gasteiger partial charge in [0.15, 0.2) is 0 Å². The summed E-state index contributed by atoms with van der Waals surface area (Å²) in [5.74, 6) is -0.0153. The molecule has 0 radical (unpaired) electrons. The highest BCUT2D eigenvalue weighted by atomic mass is 35.5. The largest absolute Gasteiger partial charge is 0.478 e. The van der Waals surface area contributed by atoms with Crippen molar-refractivity contribution in [3.05, 3.63) is 93.7 Å². The lowest BCUT2D eigenvalue weighted by atomic mass is 10.0. The number of aromatic carboxylic acids is 1. The Bertz CT molecular complexity index is 1570. The Morgan fingerprint density at radius 2 is 1.75 bits per heavy atom. The number of halogens is 2. The van der Waals surface area contributed by atoms with Crippen molar-refractivity contribution >= 4 is 55.6 Å². The molecule has 0 aliphatic rings. The van der Waals surface area contributed by atoms with E-state index in [0.717, 1.165) is 37.5 Å². The summed E-state index contributed by atoms with van der Waals surface area (Å²) in [4.78, 5) is 11.4. The minimum atomic E-state index is -0.938. The molecule has 5 rings (SSSR count). The standard InChI is InChI=1S/C28H22Cl2N2O3S/c1-15(2)27-20(26(32-35-27)25-21(29)7-4-8-22(25)30)14-31-24-13-18-10-9-17(12-23(18)36-24)16-5-3-6-19(11-16)28(33)34/h3-13,15,31H,14H2,1-2H3,(H,33,34). The van der Waals surface area contributed by atoms with Crippen LogP contribution in [0.5, 0.6) is 0 Å². The van der Waals surface area contributed by atoms with Gasteiger partial charge in [-0.05, 0) is 52.9 Å². The zero-order valence-electron chi connectivity index (χ0n) is 19.5. The van der Waals surface area contributed by atoms with Gasteiger partial charge in [0.05, 0.1) is 20.6 Å². The number of nitrogens with zero attached hydrogens (tertiary/aromatic N) is 1. The van der Waals surface area contributed by atoms with Crippen LogP contribution in [0.1, 0.15) is 41.4 Å². The van der Waals surface area contributed by atoms with Gasteiger partial charge < -0.3 is 14.9 Å². The SMILES string of the molecule is CC(C)c1onc(-c2c(Cl)cccc2Cl)c1CNc1cc2ccc(-c3cccc(C(=O)O)c3)cc2s1. The van der Waals surface area contributed by atoms with Gasteiger partial charge in [0, 0.05) is 28.3 Å². The summed E-state index contributed by atoms with van der Waals surface area (Å²) in [6, 6.07) is 20.6. The van der Waals surface area contributed by atoms with Gasteiger partial charge >= 0.3 is 5.97 Å². The highest BCUT2D eigenvalue weighted by molar-refractivity contribution is 7.22. The number of aromatic nitrogens is 1. The molecule has 5 nitrogen and oxygen atoms in total. The third-order valence-corrected chi connectivity index (χ3v) is 7.63. The van der Waals surface area contributed by atoms with E-state index in [-0.39, 0.29) is 11.5 Å². The molecule has 0 spiro atoms. The topological polar surface area (TPSA) is 75.4 Å². The monoisotopic (exact) mass is 536 g/mol. The van der Waals surface area contributed by atoms with Gasteiger partial charge in [-0.2, -0.15) is 0 Å². The molecular formula is C28H22Cl2N2O3S.